The fourth-order valence-corrected chi connectivity index (χ4v) is 4.61. The van der Waals surface area contributed by atoms with E-state index in [2.05, 4.69) is 25.5 Å². The van der Waals surface area contributed by atoms with Gasteiger partial charge in [0.1, 0.15) is 0 Å². The van der Waals surface area contributed by atoms with Gasteiger partial charge in [0.25, 0.3) is 11.8 Å². The van der Waals surface area contributed by atoms with Gasteiger partial charge < -0.3 is 15.5 Å². The molecule has 164 valence electrons. The van der Waals surface area contributed by atoms with E-state index in [0.29, 0.717) is 5.56 Å². The minimum Gasteiger partial charge on any atom is -0.348 e. The van der Waals surface area contributed by atoms with Crippen LogP contribution in [0.5, 0.6) is 0 Å². The number of carbonyl (C=O) groups is 2. The quantitative estimate of drug-likeness (QED) is 0.745. The van der Waals surface area contributed by atoms with Crippen LogP contribution in [-0.4, -0.2) is 52.4 Å². The maximum Gasteiger partial charge on any atom is 0.273 e. The van der Waals surface area contributed by atoms with E-state index in [1.54, 1.807) is 24.3 Å². The lowest BCUT2D eigenvalue weighted by molar-refractivity contribution is 0.0897. The molecule has 1 aromatic heterocycles. The van der Waals surface area contributed by atoms with Crippen molar-refractivity contribution in [3.8, 4) is 0 Å². The standard InChI is InChI=1S/C24H31N5O2/c30-23(19-9-5-2-6-10-19)28-22-21(25-13-14-26-22)24(31)27-20-11-15-29(16-12-20)17-18-7-3-1-4-8-18/h2,5-6,9-10,13-14,18,20H,1,3-4,7-8,11-12,15-17H2,(H,27,31)(H,26,28,30). The van der Waals surface area contributed by atoms with Crippen LogP contribution in [-0.2, 0) is 0 Å². The van der Waals surface area contributed by atoms with Crippen LogP contribution in [0.1, 0.15) is 65.8 Å². The summed E-state index contributed by atoms with van der Waals surface area (Å²) in [4.78, 5) is 36.2. The molecular formula is C24H31N5O2. The number of aromatic nitrogens is 2. The molecule has 0 atom stereocenters. The van der Waals surface area contributed by atoms with Crippen LogP contribution in [0.3, 0.4) is 0 Å². The van der Waals surface area contributed by atoms with Gasteiger partial charge in [-0.2, -0.15) is 0 Å². The molecule has 4 rings (SSSR count). The van der Waals surface area contributed by atoms with E-state index >= 15 is 0 Å². The lowest BCUT2D eigenvalue weighted by Gasteiger charge is -2.35. The zero-order valence-electron chi connectivity index (χ0n) is 17.9. The van der Waals surface area contributed by atoms with Gasteiger partial charge >= 0.3 is 0 Å². The number of likely N-dealkylation sites (tertiary alicyclic amines) is 1. The Bertz CT molecular complexity index is 875. The zero-order valence-corrected chi connectivity index (χ0v) is 17.9. The highest BCUT2D eigenvalue weighted by atomic mass is 16.2. The first-order chi connectivity index (χ1) is 15.2. The summed E-state index contributed by atoms with van der Waals surface area (Å²) in [5, 5.41) is 5.81. The SMILES string of the molecule is O=C(Nc1nccnc1C(=O)NC1CCN(CC2CCCCC2)CC1)c1ccccc1. The van der Waals surface area contributed by atoms with Crippen LogP contribution >= 0.6 is 0 Å². The van der Waals surface area contributed by atoms with Crippen molar-refractivity contribution < 1.29 is 9.59 Å². The summed E-state index contributed by atoms with van der Waals surface area (Å²) in [7, 11) is 0. The summed E-state index contributed by atoms with van der Waals surface area (Å²) in [6.45, 7) is 3.22. The molecule has 2 amide bonds. The molecule has 2 heterocycles. The Kier molecular flexibility index (Phi) is 7.25. The molecule has 0 radical (unpaired) electrons. The number of hydrogen-bond donors (Lipinski definition) is 2. The smallest absolute Gasteiger partial charge is 0.273 e. The topological polar surface area (TPSA) is 87.2 Å². The highest BCUT2D eigenvalue weighted by Gasteiger charge is 2.25. The summed E-state index contributed by atoms with van der Waals surface area (Å²) in [5.74, 6) is 0.423. The van der Waals surface area contributed by atoms with Gasteiger partial charge in [-0.15, -0.1) is 0 Å². The van der Waals surface area contributed by atoms with Crippen molar-refractivity contribution in [3.63, 3.8) is 0 Å². The Morgan fingerprint density at radius 2 is 1.61 bits per heavy atom. The molecule has 1 saturated carbocycles. The largest absolute Gasteiger partial charge is 0.348 e. The van der Waals surface area contributed by atoms with Crippen molar-refractivity contribution in [1.82, 2.24) is 20.2 Å². The predicted octanol–water partition coefficient (Wildman–Crippen LogP) is 3.50. The fourth-order valence-electron chi connectivity index (χ4n) is 4.61. The second kappa shape index (κ2) is 10.5. The summed E-state index contributed by atoms with van der Waals surface area (Å²) >= 11 is 0. The van der Waals surface area contributed by atoms with E-state index in [1.165, 1.54) is 51.0 Å². The second-order valence-corrected chi connectivity index (χ2v) is 8.63. The molecule has 2 aromatic rings. The van der Waals surface area contributed by atoms with Crippen molar-refractivity contribution in [2.45, 2.75) is 51.0 Å². The third-order valence-corrected chi connectivity index (χ3v) is 6.35. The molecular weight excluding hydrogens is 390 g/mol. The number of piperidine rings is 1. The number of nitrogens with zero attached hydrogens (tertiary/aromatic N) is 3. The molecule has 1 aliphatic carbocycles. The average molecular weight is 422 g/mol. The molecule has 0 bridgehead atoms. The Morgan fingerprint density at radius 3 is 2.35 bits per heavy atom. The normalized spacial score (nSPS) is 18.5. The van der Waals surface area contributed by atoms with Crippen molar-refractivity contribution >= 4 is 17.6 Å². The molecule has 1 saturated heterocycles. The van der Waals surface area contributed by atoms with Gasteiger partial charge in [0, 0.05) is 43.6 Å². The van der Waals surface area contributed by atoms with Crippen molar-refractivity contribution in [3.05, 3.63) is 54.0 Å². The van der Waals surface area contributed by atoms with Crippen LogP contribution in [0, 0.1) is 5.92 Å². The molecule has 0 spiro atoms. The number of hydrogen-bond acceptors (Lipinski definition) is 5. The van der Waals surface area contributed by atoms with Gasteiger partial charge in [-0.1, -0.05) is 37.5 Å². The molecule has 1 aliphatic heterocycles. The molecule has 2 N–H and O–H groups in total. The third-order valence-electron chi connectivity index (χ3n) is 6.35. The molecule has 31 heavy (non-hydrogen) atoms. The summed E-state index contributed by atoms with van der Waals surface area (Å²) < 4.78 is 0. The first-order valence-corrected chi connectivity index (χ1v) is 11.4. The molecule has 0 unspecified atom stereocenters. The highest BCUT2D eigenvalue weighted by Crippen LogP contribution is 2.25. The van der Waals surface area contributed by atoms with E-state index < -0.39 is 0 Å². The monoisotopic (exact) mass is 421 g/mol. The van der Waals surface area contributed by atoms with Crippen molar-refractivity contribution in [2.24, 2.45) is 5.92 Å². The number of benzene rings is 1. The molecule has 7 nitrogen and oxygen atoms in total. The molecule has 2 fully saturated rings. The van der Waals surface area contributed by atoms with E-state index in [1.807, 2.05) is 6.07 Å². The average Bonchev–Trinajstić information content (AvgIpc) is 2.82. The van der Waals surface area contributed by atoms with Crippen LogP contribution in [0.15, 0.2) is 42.7 Å². The van der Waals surface area contributed by atoms with Crippen molar-refractivity contribution in [2.75, 3.05) is 25.0 Å². The number of anilines is 1. The molecule has 2 aliphatic rings. The van der Waals surface area contributed by atoms with E-state index in [9.17, 15) is 9.59 Å². The highest BCUT2D eigenvalue weighted by molar-refractivity contribution is 6.07. The first kappa shape index (κ1) is 21.4. The van der Waals surface area contributed by atoms with Crippen LogP contribution in [0.2, 0.25) is 0 Å². The Balaban J connectivity index is 1.30. The Morgan fingerprint density at radius 1 is 0.903 bits per heavy atom. The van der Waals surface area contributed by atoms with Gasteiger partial charge in [-0.05, 0) is 43.7 Å². The van der Waals surface area contributed by atoms with Gasteiger partial charge in [0.05, 0.1) is 0 Å². The summed E-state index contributed by atoms with van der Waals surface area (Å²) in [5.41, 5.74) is 0.654. The summed E-state index contributed by atoms with van der Waals surface area (Å²) in [6.07, 6.45) is 11.7. The Labute approximate surface area is 183 Å². The Hall–Kier alpha value is -2.80. The van der Waals surface area contributed by atoms with Gasteiger partial charge in [0.2, 0.25) is 0 Å². The van der Waals surface area contributed by atoms with Crippen LogP contribution < -0.4 is 10.6 Å². The van der Waals surface area contributed by atoms with Gasteiger partial charge in [-0.25, -0.2) is 9.97 Å². The van der Waals surface area contributed by atoms with Gasteiger partial charge in [-0.3, -0.25) is 9.59 Å². The maximum atomic E-state index is 12.9. The minimum absolute atomic E-state index is 0.120. The van der Waals surface area contributed by atoms with Crippen molar-refractivity contribution in [1.29, 1.82) is 0 Å². The summed E-state index contributed by atoms with van der Waals surface area (Å²) in [6, 6.07) is 8.98. The number of nitrogens with one attached hydrogen (secondary N) is 2. The third kappa shape index (κ3) is 5.88. The minimum atomic E-state index is -0.314. The number of rotatable bonds is 6. The lowest BCUT2D eigenvalue weighted by Crippen LogP contribution is -2.46. The molecule has 7 heteroatoms. The maximum absolute atomic E-state index is 12.9. The number of carbonyl (C=O) groups excluding carboxylic acids is 2. The fraction of sp³-hybridized carbons (Fsp3) is 0.500. The first-order valence-electron chi connectivity index (χ1n) is 11.4. The van der Waals surface area contributed by atoms with E-state index in [-0.39, 0.29) is 29.4 Å². The second-order valence-electron chi connectivity index (χ2n) is 8.63. The van der Waals surface area contributed by atoms with E-state index in [0.717, 1.165) is 31.8 Å². The van der Waals surface area contributed by atoms with Crippen LogP contribution in [0.25, 0.3) is 0 Å². The van der Waals surface area contributed by atoms with Crippen LogP contribution in [0.4, 0.5) is 5.82 Å². The van der Waals surface area contributed by atoms with Gasteiger partial charge in [0.15, 0.2) is 11.5 Å². The predicted molar refractivity (Wildman–Crippen MR) is 120 cm³/mol. The zero-order chi connectivity index (χ0) is 21.5. The lowest BCUT2D eigenvalue weighted by atomic mass is 9.88. The number of amides is 2. The van der Waals surface area contributed by atoms with E-state index in [4.69, 9.17) is 0 Å². The molecule has 1 aromatic carbocycles.